The molecule has 0 amide bonds. The average molecular weight is 270 g/mol. The third-order valence-corrected chi connectivity index (χ3v) is 4.56. The summed E-state index contributed by atoms with van der Waals surface area (Å²) in [6.45, 7) is 3.12. The number of sulfonamides is 1. The van der Waals surface area contributed by atoms with E-state index in [9.17, 15) is 8.42 Å². The minimum Gasteiger partial charge on any atom is -0.378 e. The molecule has 5 nitrogen and oxygen atoms in total. The van der Waals surface area contributed by atoms with Crippen molar-refractivity contribution in [3.8, 4) is 0 Å². The predicted octanol–water partition coefficient (Wildman–Crippen LogP) is 0.260. The summed E-state index contributed by atoms with van der Waals surface area (Å²) < 4.78 is 32.3. The lowest BCUT2D eigenvalue weighted by molar-refractivity contribution is 0.103. The second kappa shape index (κ2) is 5.36. The molecule has 6 heteroatoms. The van der Waals surface area contributed by atoms with Crippen LogP contribution in [0.1, 0.15) is 5.56 Å². The van der Waals surface area contributed by atoms with E-state index in [4.69, 9.17) is 4.74 Å². The number of ether oxygens (including phenoxy) is 1. The molecule has 1 aliphatic heterocycles. The van der Waals surface area contributed by atoms with Gasteiger partial charge < -0.3 is 10.1 Å². The predicted molar refractivity (Wildman–Crippen MR) is 69.0 cm³/mol. The number of hydrogen-bond donors (Lipinski definition) is 2. The van der Waals surface area contributed by atoms with Gasteiger partial charge in [0.15, 0.2) is 0 Å². The molecule has 18 heavy (non-hydrogen) atoms. The summed E-state index contributed by atoms with van der Waals surface area (Å²) in [5.74, 6) is 0. The van der Waals surface area contributed by atoms with Gasteiger partial charge in [-0.3, -0.25) is 0 Å². The highest BCUT2D eigenvalue weighted by Gasteiger charge is 2.31. The maximum Gasteiger partial charge on any atom is 0.240 e. The summed E-state index contributed by atoms with van der Waals surface area (Å²) in [6, 6.07) is 6.64. The molecule has 100 valence electrons. The van der Waals surface area contributed by atoms with Crippen LogP contribution in [0, 0.1) is 6.92 Å². The van der Waals surface area contributed by atoms with Crippen molar-refractivity contribution in [2.75, 3.05) is 20.2 Å². The maximum atomic E-state index is 12.2. The van der Waals surface area contributed by atoms with Crippen LogP contribution in [-0.4, -0.2) is 40.8 Å². The Labute approximate surface area is 108 Å². The summed E-state index contributed by atoms with van der Waals surface area (Å²) in [6.07, 6.45) is -0.121. The van der Waals surface area contributed by atoms with Crippen molar-refractivity contribution in [3.05, 3.63) is 29.8 Å². The molecule has 0 radical (unpaired) electrons. The van der Waals surface area contributed by atoms with Crippen molar-refractivity contribution < 1.29 is 13.2 Å². The minimum absolute atomic E-state index is 0.121. The Balaban J connectivity index is 2.17. The molecule has 0 bridgehead atoms. The molecule has 0 aromatic heterocycles. The molecule has 2 atom stereocenters. The lowest BCUT2D eigenvalue weighted by Crippen LogP contribution is -2.43. The second-order valence-electron chi connectivity index (χ2n) is 4.48. The quantitative estimate of drug-likeness (QED) is 0.823. The van der Waals surface area contributed by atoms with E-state index in [2.05, 4.69) is 10.0 Å². The van der Waals surface area contributed by atoms with Gasteiger partial charge in [-0.2, -0.15) is 0 Å². The molecule has 2 N–H and O–H groups in total. The first-order chi connectivity index (χ1) is 8.53. The van der Waals surface area contributed by atoms with E-state index < -0.39 is 10.0 Å². The Kier molecular flexibility index (Phi) is 4.01. The number of aryl methyl sites for hydroxylation is 1. The van der Waals surface area contributed by atoms with E-state index in [0.717, 1.165) is 5.56 Å². The Morgan fingerprint density at radius 3 is 2.83 bits per heavy atom. The van der Waals surface area contributed by atoms with Crippen molar-refractivity contribution in [1.82, 2.24) is 10.0 Å². The molecule has 1 aliphatic rings. The van der Waals surface area contributed by atoms with Gasteiger partial charge in [0.1, 0.15) is 0 Å². The van der Waals surface area contributed by atoms with Gasteiger partial charge in [0.05, 0.1) is 17.0 Å². The highest BCUT2D eigenvalue weighted by atomic mass is 32.2. The first-order valence-electron chi connectivity index (χ1n) is 5.85. The number of nitrogens with one attached hydrogen (secondary N) is 2. The van der Waals surface area contributed by atoms with E-state index in [0.29, 0.717) is 18.0 Å². The first kappa shape index (κ1) is 13.5. The lowest BCUT2D eigenvalue weighted by atomic mass is 10.2. The Morgan fingerprint density at radius 1 is 1.39 bits per heavy atom. The molecular formula is C12H18N2O3S. The number of methoxy groups -OCH3 is 1. The summed E-state index contributed by atoms with van der Waals surface area (Å²) in [5.41, 5.74) is 0.922. The number of rotatable bonds is 4. The van der Waals surface area contributed by atoms with E-state index in [1.807, 2.05) is 13.0 Å². The van der Waals surface area contributed by atoms with Gasteiger partial charge in [0.25, 0.3) is 0 Å². The highest BCUT2D eigenvalue weighted by Crippen LogP contribution is 2.13. The Bertz CT molecular complexity index is 516. The third-order valence-electron chi connectivity index (χ3n) is 3.07. The van der Waals surface area contributed by atoms with Gasteiger partial charge >= 0.3 is 0 Å². The second-order valence-corrected chi connectivity index (χ2v) is 6.19. The fourth-order valence-electron chi connectivity index (χ4n) is 2.07. The SMILES string of the molecule is CO[C@H]1CNCC1NS(=O)(=O)c1cccc(C)c1. The summed E-state index contributed by atoms with van der Waals surface area (Å²) in [5, 5.41) is 3.11. The van der Waals surface area contributed by atoms with Crippen LogP contribution < -0.4 is 10.0 Å². The van der Waals surface area contributed by atoms with Crippen LogP contribution in [0.3, 0.4) is 0 Å². The monoisotopic (exact) mass is 270 g/mol. The Hall–Kier alpha value is -0.950. The van der Waals surface area contributed by atoms with Crippen LogP contribution in [0.5, 0.6) is 0 Å². The van der Waals surface area contributed by atoms with Gasteiger partial charge in [0, 0.05) is 20.2 Å². The molecule has 0 saturated carbocycles. The molecular weight excluding hydrogens is 252 g/mol. The third kappa shape index (κ3) is 2.89. The zero-order valence-corrected chi connectivity index (χ0v) is 11.3. The summed E-state index contributed by atoms with van der Waals surface area (Å²) in [4.78, 5) is 0.296. The fourth-order valence-corrected chi connectivity index (χ4v) is 3.44. The molecule has 2 rings (SSSR count). The van der Waals surface area contributed by atoms with Crippen LogP contribution in [0.2, 0.25) is 0 Å². The van der Waals surface area contributed by atoms with Crippen molar-refractivity contribution in [2.24, 2.45) is 0 Å². The van der Waals surface area contributed by atoms with Gasteiger partial charge in [-0.05, 0) is 24.6 Å². The van der Waals surface area contributed by atoms with Gasteiger partial charge in [-0.15, -0.1) is 0 Å². The molecule has 0 spiro atoms. The standard InChI is InChI=1S/C12H18N2O3S/c1-9-4-3-5-10(6-9)18(15,16)14-11-7-13-8-12(11)17-2/h3-6,11-14H,7-8H2,1-2H3/t11?,12-/m0/s1. The van der Waals surface area contributed by atoms with Crippen LogP contribution in [-0.2, 0) is 14.8 Å². The largest absolute Gasteiger partial charge is 0.378 e. The van der Waals surface area contributed by atoms with Crippen LogP contribution in [0.25, 0.3) is 0 Å². The van der Waals surface area contributed by atoms with Gasteiger partial charge in [-0.25, -0.2) is 13.1 Å². The highest BCUT2D eigenvalue weighted by molar-refractivity contribution is 7.89. The zero-order chi connectivity index (χ0) is 13.2. The van der Waals surface area contributed by atoms with Crippen LogP contribution in [0.15, 0.2) is 29.2 Å². The fraction of sp³-hybridized carbons (Fsp3) is 0.500. The first-order valence-corrected chi connectivity index (χ1v) is 7.34. The van der Waals surface area contributed by atoms with E-state index in [1.165, 1.54) is 0 Å². The van der Waals surface area contributed by atoms with Crippen LogP contribution >= 0.6 is 0 Å². The topological polar surface area (TPSA) is 67.4 Å². The average Bonchev–Trinajstić information content (AvgIpc) is 2.75. The van der Waals surface area contributed by atoms with Gasteiger partial charge in [0.2, 0.25) is 10.0 Å². The van der Waals surface area contributed by atoms with Crippen molar-refractivity contribution in [1.29, 1.82) is 0 Å². The molecule has 0 aliphatic carbocycles. The molecule has 1 fully saturated rings. The minimum atomic E-state index is -3.48. The number of hydrogen-bond acceptors (Lipinski definition) is 4. The van der Waals surface area contributed by atoms with E-state index in [1.54, 1.807) is 25.3 Å². The molecule has 1 aromatic rings. The molecule has 1 aromatic carbocycles. The van der Waals surface area contributed by atoms with Crippen LogP contribution in [0.4, 0.5) is 0 Å². The number of benzene rings is 1. The molecule has 1 saturated heterocycles. The zero-order valence-electron chi connectivity index (χ0n) is 10.5. The summed E-state index contributed by atoms with van der Waals surface area (Å²) >= 11 is 0. The van der Waals surface area contributed by atoms with Crippen molar-refractivity contribution in [3.63, 3.8) is 0 Å². The lowest BCUT2D eigenvalue weighted by Gasteiger charge is -2.18. The van der Waals surface area contributed by atoms with E-state index >= 15 is 0 Å². The maximum absolute atomic E-state index is 12.2. The van der Waals surface area contributed by atoms with Gasteiger partial charge in [-0.1, -0.05) is 12.1 Å². The Morgan fingerprint density at radius 2 is 2.17 bits per heavy atom. The normalized spacial score (nSPS) is 24.3. The molecule has 1 unspecified atom stereocenters. The van der Waals surface area contributed by atoms with Crippen molar-refractivity contribution in [2.45, 2.75) is 24.0 Å². The van der Waals surface area contributed by atoms with Crippen molar-refractivity contribution >= 4 is 10.0 Å². The smallest absolute Gasteiger partial charge is 0.240 e. The summed E-state index contributed by atoms with van der Waals surface area (Å²) in [7, 11) is -1.89. The van der Waals surface area contributed by atoms with E-state index in [-0.39, 0.29) is 12.1 Å². The molecule has 1 heterocycles.